The molecule has 1 aliphatic carbocycles. The van der Waals surface area contributed by atoms with Crippen LogP contribution in [0.25, 0.3) is 0 Å². The normalized spacial score (nSPS) is 18.2. The largest absolute Gasteiger partial charge is 0.367 e. The molecule has 0 saturated heterocycles. The number of hydrogen-bond donors (Lipinski definition) is 0. The van der Waals surface area contributed by atoms with E-state index in [2.05, 4.69) is 9.97 Å². The van der Waals surface area contributed by atoms with E-state index in [1.54, 1.807) is 6.07 Å². The number of rotatable bonds is 4. The number of nitrogens with zero attached hydrogens (tertiary/aromatic N) is 2. The number of hydrogen-bond acceptors (Lipinski definition) is 4. The van der Waals surface area contributed by atoms with E-state index in [1.165, 1.54) is 0 Å². The Morgan fingerprint density at radius 1 is 1.41 bits per heavy atom. The minimum atomic E-state index is -0.363. The van der Waals surface area contributed by atoms with E-state index in [9.17, 15) is 4.79 Å². The second kappa shape index (κ2) is 4.92. The van der Waals surface area contributed by atoms with Gasteiger partial charge in [0.25, 0.3) is 0 Å². The van der Waals surface area contributed by atoms with E-state index in [4.69, 9.17) is 4.74 Å². The van der Waals surface area contributed by atoms with Crippen molar-refractivity contribution in [2.75, 3.05) is 6.61 Å². The molecule has 1 aromatic heterocycles. The zero-order valence-electron chi connectivity index (χ0n) is 10.4. The molecule has 1 aromatic rings. The molecule has 0 bridgehead atoms. The van der Waals surface area contributed by atoms with E-state index in [-0.39, 0.29) is 5.60 Å². The summed E-state index contributed by atoms with van der Waals surface area (Å²) in [6.45, 7) is 4.51. The monoisotopic (exact) mass is 234 g/mol. The summed E-state index contributed by atoms with van der Waals surface area (Å²) in [6.07, 6.45) is 4.93. The number of ether oxygens (including phenoxy) is 1. The van der Waals surface area contributed by atoms with Crippen molar-refractivity contribution in [3.8, 4) is 0 Å². The first kappa shape index (κ1) is 12.2. The molecule has 2 rings (SSSR count). The summed E-state index contributed by atoms with van der Waals surface area (Å²) >= 11 is 0. The van der Waals surface area contributed by atoms with E-state index in [1.807, 2.05) is 13.8 Å². The van der Waals surface area contributed by atoms with Crippen molar-refractivity contribution in [1.82, 2.24) is 9.97 Å². The Labute approximate surface area is 101 Å². The van der Waals surface area contributed by atoms with Crippen molar-refractivity contribution in [3.63, 3.8) is 0 Å². The summed E-state index contributed by atoms with van der Waals surface area (Å²) in [7, 11) is 0. The van der Waals surface area contributed by atoms with E-state index in [0.29, 0.717) is 18.1 Å². The van der Waals surface area contributed by atoms with Crippen LogP contribution in [0, 0.1) is 6.92 Å². The smallest absolute Gasteiger partial charge is 0.168 e. The highest BCUT2D eigenvalue weighted by Crippen LogP contribution is 2.40. The fourth-order valence-electron chi connectivity index (χ4n) is 2.51. The first-order valence-corrected chi connectivity index (χ1v) is 6.15. The second-order valence-corrected chi connectivity index (χ2v) is 4.51. The van der Waals surface area contributed by atoms with Crippen LogP contribution in [-0.2, 0) is 10.3 Å². The predicted molar refractivity (Wildman–Crippen MR) is 63.9 cm³/mol. The van der Waals surface area contributed by atoms with Crippen molar-refractivity contribution < 1.29 is 9.53 Å². The predicted octanol–water partition coefficient (Wildman–Crippen LogP) is 2.40. The van der Waals surface area contributed by atoms with Crippen molar-refractivity contribution in [2.45, 2.75) is 45.1 Å². The van der Waals surface area contributed by atoms with Gasteiger partial charge in [0, 0.05) is 12.3 Å². The van der Waals surface area contributed by atoms with Crippen LogP contribution in [0.1, 0.15) is 54.6 Å². The van der Waals surface area contributed by atoms with Crippen molar-refractivity contribution >= 4 is 6.29 Å². The molecule has 0 N–H and O–H groups in total. The van der Waals surface area contributed by atoms with Crippen LogP contribution in [-0.4, -0.2) is 22.9 Å². The molecule has 0 atom stereocenters. The topological polar surface area (TPSA) is 52.1 Å². The minimum Gasteiger partial charge on any atom is -0.367 e. The van der Waals surface area contributed by atoms with Gasteiger partial charge in [-0.15, -0.1) is 0 Å². The van der Waals surface area contributed by atoms with Gasteiger partial charge in [0.1, 0.15) is 11.3 Å². The van der Waals surface area contributed by atoms with Crippen LogP contribution >= 0.6 is 0 Å². The van der Waals surface area contributed by atoms with Gasteiger partial charge in [-0.1, -0.05) is 0 Å². The van der Waals surface area contributed by atoms with Gasteiger partial charge < -0.3 is 4.74 Å². The molecule has 1 heterocycles. The Morgan fingerprint density at radius 3 is 2.71 bits per heavy atom. The summed E-state index contributed by atoms with van der Waals surface area (Å²) in [5.74, 6) is 0.680. The second-order valence-electron chi connectivity index (χ2n) is 4.51. The molecule has 1 aliphatic rings. The maximum atomic E-state index is 10.9. The summed E-state index contributed by atoms with van der Waals surface area (Å²) in [5.41, 5.74) is 0.903. The van der Waals surface area contributed by atoms with Gasteiger partial charge in [0.2, 0.25) is 0 Å². The van der Waals surface area contributed by atoms with Crippen molar-refractivity contribution in [2.24, 2.45) is 0 Å². The van der Waals surface area contributed by atoms with Gasteiger partial charge in [-0.05, 0) is 45.6 Å². The molecule has 0 radical (unpaired) electrons. The van der Waals surface area contributed by atoms with E-state index < -0.39 is 0 Å². The van der Waals surface area contributed by atoms with Crippen LogP contribution in [0.4, 0.5) is 0 Å². The zero-order valence-corrected chi connectivity index (χ0v) is 10.4. The molecule has 4 heteroatoms. The van der Waals surface area contributed by atoms with Crippen LogP contribution in [0.3, 0.4) is 0 Å². The third kappa shape index (κ3) is 2.36. The third-order valence-electron chi connectivity index (χ3n) is 3.23. The van der Waals surface area contributed by atoms with Crippen LogP contribution < -0.4 is 0 Å². The quantitative estimate of drug-likeness (QED) is 0.751. The van der Waals surface area contributed by atoms with Crippen molar-refractivity contribution in [3.05, 3.63) is 23.3 Å². The third-order valence-corrected chi connectivity index (χ3v) is 3.23. The van der Waals surface area contributed by atoms with Gasteiger partial charge in [-0.2, -0.15) is 0 Å². The highest BCUT2D eigenvalue weighted by Gasteiger charge is 2.39. The number of aromatic nitrogens is 2. The van der Waals surface area contributed by atoms with Crippen LogP contribution in [0.2, 0.25) is 0 Å². The molecule has 0 aromatic carbocycles. The van der Waals surface area contributed by atoms with Crippen LogP contribution in [0.15, 0.2) is 6.07 Å². The highest BCUT2D eigenvalue weighted by molar-refractivity contribution is 5.71. The lowest BCUT2D eigenvalue weighted by Crippen LogP contribution is -2.29. The number of aldehydes is 1. The lowest BCUT2D eigenvalue weighted by atomic mass is 10.0. The molecule has 4 nitrogen and oxygen atoms in total. The molecular weight excluding hydrogens is 216 g/mol. The number of carbonyl (C=O) groups is 1. The first-order chi connectivity index (χ1) is 8.20. The lowest BCUT2D eigenvalue weighted by molar-refractivity contribution is -0.0458. The fraction of sp³-hybridized carbons (Fsp3) is 0.615. The highest BCUT2D eigenvalue weighted by atomic mass is 16.5. The summed E-state index contributed by atoms with van der Waals surface area (Å²) in [6, 6.07) is 1.70. The Balaban J connectivity index is 2.42. The molecule has 0 aliphatic heterocycles. The fourth-order valence-corrected chi connectivity index (χ4v) is 2.51. The Morgan fingerprint density at radius 2 is 2.12 bits per heavy atom. The van der Waals surface area contributed by atoms with E-state index in [0.717, 1.165) is 37.7 Å². The Hall–Kier alpha value is -1.29. The SMILES string of the molecule is CCOC1(c2nc(C)cc(C=O)n2)CCCC1. The summed E-state index contributed by atoms with van der Waals surface area (Å²) in [5, 5.41) is 0. The van der Waals surface area contributed by atoms with Gasteiger partial charge in [0.15, 0.2) is 12.1 Å². The maximum Gasteiger partial charge on any atom is 0.168 e. The number of carbonyl (C=O) groups excluding carboxylic acids is 1. The average molecular weight is 234 g/mol. The van der Waals surface area contributed by atoms with Crippen LogP contribution in [0.5, 0.6) is 0 Å². The first-order valence-electron chi connectivity index (χ1n) is 6.15. The van der Waals surface area contributed by atoms with Crippen molar-refractivity contribution in [1.29, 1.82) is 0 Å². The molecule has 17 heavy (non-hydrogen) atoms. The average Bonchev–Trinajstić information content (AvgIpc) is 2.78. The van der Waals surface area contributed by atoms with Gasteiger partial charge in [0.05, 0.1) is 0 Å². The molecule has 92 valence electrons. The molecule has 1 fully saturated rings. The Kier molecular flexibility index (Phi) is 3.52. The lowest BCUT2D eigenvalue weighted by Gasteiger charge is -2.27. The Bertz CT molecular complexity index is 412. The standard InChI is InChI=1S/C13H18N2O2/c1-3-17-13(6-4-5-7-13)12-14-10(2)8-11(9-16)15-12/h8-9H,3-7H2,1-2H3. The summed E-state index contributed by atoms with van der Waals surface area (Å²) in [4.78, 5) is 19.6. The minimum absolute atomic E-state index is 0.363. The number of aryl methyl sites for hydroxylation is 1. The van der Waals surface area contributed by atoms with Gasteiger partial charge in [-0.3, -0.25) is 4.79 Å². The molecule has 1 saturated carbocycles. The zero-order chi connectivity index (χ0) is 12.3. The molecule has 0 spiro atoms. The molecular formula is C13H18N2O2. The summed E-state index contributed by atoms with van der Waals surface area (Å²) < 4.78 is 5.89. The maximum absolute atomic E-state index is 10.9. The molecule has 0 unspecified atom stereocenters. The van der Waals surface area contributed by atoms with Gasteiger partial charge in [-0.25, -0.2) is 9.97 Å². The van der Waals surface area contributed by atoms with Gasteiger partial charge >= 0.3 is 0 Å². The van der Waals surface area contributed by atoms with E-state index >= 15 is 0 Å². The molecule has 0 amide bonds.